The van der Waals surface area contributed by atoms with Crippen molar-refractivity contribution >= 4 is 12.6 Å². The second-order valence-corrected chi connectivity index (χ2v) is 9.48. The molecule has 1 aromatic rings. The van der Waals surface area contributed by atoms with E-state index >= 15 is 0 Å². The van der Waals surface area contributed by atoms with Crippen molar-refractivity contribution in [1.82, 2.24) is 0 Å². The van der Waals surface area contributed by atoms with E-state index in [-0.39, 0.29) is 0 Å². The minimum atomic E-state index is 0.440. The summed E-state index contributed by atoms with van der Waals surface area (Å²) >= 11 is 4.52. The van der Waals surface area contributed by atoms with E-state index < -0.39 is 0 Å². The maximum atomic E-state index is 10.3. The lowest BCUT2D eigenvalue weighted by atomic mass is 9.92. The summed E-state index contributed by atoms with van der Waals surface area (Å²) in [5.41, 5.74) is 3.94. The van der Waals surface area contributed by atoms with Gasteiger partial charge in [0.1, 0.15) is 5.75 Å². The largest absolute Gasteiger partial charge is 0.508 e. The van der Waals surface area contributed by atoms with Gasteiger partial charge in [-0.3, -0.25) is 0 Å². The van der Waals surface area contributed by atoms with Crippen LogP contribution in [0.5, 0.6) is 5.75 Å². The summed E-state index contributed by atoms with van der Waals surface area (Å²) in [7, 11) is 0. The van der Waals surface area contributed by atoms with Gasteiger partial charge in [0, 0.05) is 11.3 Å². The molecule has 1 rings (SSSR count). The molecule has 0 radical (unpaired) electrons. The van der Waals surface area contributed by atoms with E-state index in [2.05, 4.69) is 32.5 Å². The van der Waals surface area contributed by atoms with E-state index in [4.69, 9.17) is 0 Å². The topological polar surface area (TPSA) is 20.2 Å². The second kappa shape index (κ2) is 19.1. The molecule has 0 spiro atoms. The number of aryl methyl sites for hydroxylation is 1. The molecule has 0 amide bonds. The highest BCUT2D eigenvalue weighted by Gasteiger charge is 2.12. The van der Waals surface area contributed by atoms with E-state index in [9.17, 15) is 5.11 Å². The summed E-state index contributed by atoms with van der Waals surface area (Å²) in [6.45, 7) is 4.56. The Morgan fingerprint density at radius 2 is 1.00 bits per heavy atom. The van der Waals surface area contributed by atoms with Crippen molar-refractivity contribution < 1.29 is 5.11 Å². The molecule has 174 valence electrons. The first-order valence-electron chi connectivity index (χ1n) is 13.2. The molecule has 1 N–H and O–H groups in total. The van der Waals surface area contributed by atoms with Crippen LogP contribution in [0.4, 0.5) is 0 Å². The van der Waals surface area contributed by atoms with Gasteiger partial charge >= 0.3 is 0 Å². The molecule has 0 unspecified atom stereocenters. The first kappa shape index (κ1) is 27.4. The van der Waals surface area contributed by atoms with Gasteiger partial charge in [-0.05, 0) is 42.9 Å². The van der Waals surface area contributed by atoms with Crippen LogP contribution in [-0.2, 0) is 18.6 Å². The summed E-state index contributed by atoms with van der Waals surface area (Å²) in [5.74, 6) is 1.08. The van der Waals surface area contributed by atoms with Crippen LogP contribution >= 0.6 is 12.6 Å². The average molecular weight is 435 g/mol. The molecule has 0 heterocycles. The fourth-order valence-electron chi connectivity index (χ4n) is 4.51. The molecular formula is C28H50OS. The van der Waals surface area contributed by atoms with Gasteiger partial charge < -0.3 is 5.11 Å². The Labute approximate surface area is 193 Å². The van der Waals surface area contributed by atoms with Gasteiger partial charge in [0.2, 0.25) is 0 Å². The molecule has 0 fully saturated rings. The maximum absolute atomic E-state index is 10.3. The molecule has 0 saturated carbocycles. The summed E-state index contributed by atoms with van der Waals surface area (Å²) in [5, 5.41) is 10.3. The maximum Gasteiger partial charge on any atom is 0.119 e. The van der Waals surface area contributed by atoms with Crippen LogP contribution in [-0.4, -0.2) is 5.11 Å². The lowest BCUT2D eigenvalue weighted by Crippen LogP contribution is -2.01. The minimum absolute atomic E-state index is 0.440. The van der Waals surface area contributed by atoms with E-state index in [1.165, 1.54) is 120 Å². The lowest BCUT2D eigenvalue weighted by molar-refractivity contribution is 0.468. The third-order valence-electron chi connectivity index (χ3n) is 6.49. The van der Waals surface area contributed by atoms with Crippen LogP contribution < -0.4 is 0 Å². The molecule has 0 saturated heterocycles. The average Bonchev–Trinajstić information content (AvgIpc) is 2.75. The molecule has 1 nitrogen and oxygen atoms in total. The molecule has 1 aromatic carbocycles. The van der Waals surface area contributed by atoms with Crippen LogP contribution in [0, 0.1) is 0 Å². The molecule has 0 aromatic heterocycles. The van der Waals surface area contributed by atoms with Crippen LogP contribution in [0.25, 0.3) is 0 Å². The van der Waals surface area contributed by atoms with Gasteiger partial charge in [-0.25, -0.2) is 0 Å². The molecule has 0 atom stereocenters. The number of hydrogen-bond donors (Lipinski definition) is 2. The van der Waals surface area contributed by atoms with Gasteiger partial charge in [0.05, 0.1) is 0 Å². The predicted octanol–water partition coefficient (Wildman–Crippen LogP) is 9.58. The lowest BCUT2D eigenvalue weighted by Gasteiger charge is -2.16. The summed E-state index contributed by atoms with van der Waals surface area (Å²) in [6, 6.07) is 4.06. The van der Waals surface area contributed by atoms with E-state index in [1.54, 1.807) is 0 Å². The van der Waals surface area contributed by atoms with Crippen LogP contribution in [0.15, 0.2) is 12.1 Å². The zero-order valence-corrected chi connectivity index (χ0v) is 21.1. The van der Waals surface area contributed by atoms with Gasteiger partial charge in [-0.2, -0.15) is 12.6 Å². The molecule has 0 aliphatic carbocycles. The summed E-state index contributed by atoms with van der Waals surface area (Å²) in [4.78, 5) is 0. The summed E-state index contributed by atoms with van der Waals surface area (Å²) < 4.78 is 0. The van der Waals surface area contributed by atoms with Crippen molar-refractivity contribution in [3.8, 4) is 5.75 Å². The number of hydrogen-bond acceptors (Lipinski definition) is 2. The number of aromatic hydroxyl groups is 1. The fourth-order valence-corrected chi connectivity index (χ4v) is 4.87. The first-order valence-corrected chi connectivity index (χ1v) is 13.8. The molecule has 0 bridgehead atoms. The Hall–Kier alpha value is -0.630. The van der Waals surface area contributed by atoms with Crippen LogP contribution in [0.3, 0.4) is 0 Å². The highest BCUT2D eigenvalue weighted by molar-refractivity contribution is 7.79. The molecule has 0 aliphatic heterocycles. The standard InChI is InChI=1S/C28H50OS/c1-3-5-7-9-11-12-13-15-17-19-21-26-25(22-23-28(29)27(26)24-30)20-18-16-14-10-8-6-4-2/h22-23,29-30H,3-21,24H2,1-2H3. The zero-order valence-electron chi connectivity index (χ0n) is 20.2. The summed E-state index contributed by atoms with van der Waals surface area (Å²) in [6.07, 6.45) is 25.4. The zero-order chi connectivity index (χ0) is 21.9. The van der Waals surface area contributed by atoms with Crippen LogP contribution in [0.2, 0.25) is 0 Å². The molecular weight excluding hydrogens is 384 g/mol. The van der Waals surface area contributed by atoms with Gasteiger partial charge in [0.25, 0.3) is 0 Å². The Morgan fingerprint density at radius 3 is 1.47 bits per heavy atom. The molecule has 0 aliphatic rings. The highest BCUT2D eigenvalue weighted by Crippen LogP contribution is 2.29. The highest BCUT2D eigenvalue weighted by atomic mass is 32.1. The number of thiol groups is 1. The third kappa shape index (κ3) is 12.3. The van der Waals surface area contributed by atoms with Crippen molar-refractivity contribution in [2.45, 2.75) is 142 Å². The van der Waals surface area contributed by atoms with Gasteiger partial charge in [-0.1, -0.05) is 116 Å². The van der Waals surface area contributed by atoms with Crippen molar-refractivity contribution in [3.05, 3.63) is 28.8 Å². The minimum Gasteiger partial charge on any atom is -0.508 e. The molecule has 2 heteroatoms. The normalized spacial score (nSPS) is 11.3. The van der Waals surface area contributed by atoms with Crippen molar-refractivity contribution in [3.63, 3.8) is 0 Å². The van der Waals surface area contributed by atoms with E-state index in [0.29, 0.717) is 11.5 Å². The smallest absolute Gasteiger partial charge is 0.119 e. The van der Waals surface area contributed by atoms with Gasteiger partial charge in [-0.15, -0.1) is 0 Å². The van der Waals surface area contributed by atoms with E-state index in [0.717, 1.165) is 18.4 Å². The predicted molar refractivity (Wildman–Crippen MR) is 138 cm³/mol. The van der Waals surface area contributed by atoms with Crippen molar-refractivity contribution in [2.75, 3.05) is 0 Å². The Balaban J connectivity index is 2.35. The second-order valence-electron chi connectivity index (χ2n) is 9.16. The number of unbranched alkanes of at least 4 members (excludes halogenated alkanes) is 15. The number of phenolic OH excluding ortho intramolecular Hbond substituents is 1. The fraction of sp³-hybridized carbons (Fsp3) is 0.786. The van der Waals surface area contributed by atoms with Crippen LogP contribution in [0.1, 0.15) is 140 Å². The number of phenols is 1. The van der Waals surface area contributed by atoms with Crippen molar-refractivity contribution in [2.24, 2.45) is 0 Å². The monoisotopic (exact) mass is 434 g/mol. The van der Waals surface area contributed by atoms with E-state index in [1.807, 2.05) is 6.07 Å². The van der Waals surface area contributed by atoms with Gasteiger partial charge in [0.15, 0.2) is 0 Å². The third-order valence-corrected chi connectivity index (χ3v) is 6.81. The number of benzene rings is 1. The number of rotatable bonds is 20. The Kier molecular flexibility index (Phi) is 17.4. The molecule has 30 heavy (non-hydrogen) atoms. The Morgan fingerprint density at radius 1 is 0.567 bits per heavy atom. The quantitative estimate of drug-likeness (QED) is 0.154. The van der Waals surface area contributed by atoms with Crippen molar-refractivity contribution in [1.29, 1.82) is 0 Å². The Bertz CT molecular complexity index is 526. The SMILES string of the molecule is CCCCCCCCCCCCc1c(CCCCCCCCC)ccc(O)c1CS. The first-order chi connectivity index (χ1) is 14.7.